The molecule has 3 aromatic heterocycles. The van der Waals surface area contributed by atoms with Gasteiger partial charge in [0.15, 0.2) is 0 Å². The van der Waals surface area contributed by atoms with Gasteiger partial charge in [-0.05, 0) is 32.8 Å². The van der Waals surface area contributed by atoms with E-state index < -0.39 is 0 Å². The number of aryl methyl sites for hydroxylation is 2. The van der Waals surface area contributed by atoms with E-state index in [1.807, 2.05) is 30.9 Å². The summed E-state index contributed by atoms with van der Waals surface area (Å²) in [4.78, 5) is 27.6. The predicted octanol–water partition coefficient (Wildman–Crippen LogP) is 2.66. The molecule has 1 atom stereocenters. The molecule has 0 aliphatic carbocycles. The Hall–Kier alpha value is -3.13. The van der Waals surface area contributed by atoms with E-state index in [0.29, 0.717) is 30.2 Å². The first kappa shape index (κ1) is 19.2. The van der Waals surface area contributed by atoms with Crippen LogP contribution in [0.1, 0.15) is 52.0 Å². The zero-order valence-corrected chi connectivity index (χ0v) is 16.5. The molecule has 1 amide bonds. The normalized spacial score (nSPS) is 16.8. The molecular weight excluding hydrogens is 370 g/mol. The molecule has 150 valence electrons. The van der Waals surface area contributed by atoms with E-state index >= 15 is 0 Å². The third-order valence-corrected chi connectivity index (χ3v) is 5.35. The third kappa shape index (κ3) is 3.75. The van der Waals surface area contributed by atoms with Crippen LogP contribution in [-0.4, -0.2) is 49.1 Å². The minimum absolute atomic E-state index is 0.108. The average Bonchev–Trinajstić information content (AvgIpc) is 3.11. The summed E-state index contributed by atoms with van der Waals surface area (Å²) in [5.74, 6) is 0.669. The largest absolute Gasteiger partial charge is 0.392 e. The molecule has 29 heavy (non-hydrogen) atoms. The highest BCUT2D eigenvalue weighted by Crippen LogP contribution is 2.32. The first-order valence-electron chi connectivity index (χ1n) is 9.67. The Bertz CT molecular complexity index is 999. The molecule has 0 radical (unpaired) electrons. The highest BCUT2D eigenvalue weighted by molar-refractivity contribution is 5.92. The van der Waals surface area contributed by atoms with Gasteiger partial charge in [-0.1, -0.05) is 11.2 Å². The molecule has 1 aliphatic heterocycles. The van der Waals surface area contributed by atoms with Gasteiger partial charge in [-0.25, -0.2) is 4.98 Å². The number of amides is 1. The molecule has 1 N–H and O–H groups in total. The van der Waals surface area contributed by atoms with Gasteiger partial charge in [0.25, 0.3) is 5.91 Å². The van der Waals surface area contributed by atoms with Gasteiger partial charge in [-0.2, -0.15) is 0 Å². The first-order chi connectivity index (χ1) is 14.1. The predicted molar refractivity (Wildman–Crippen MR) is 105 cm³/mol. The van der Waals surface area contributed by atoms with Crippen LogP contribution in [0.25, 0.3) is 11.3 Å². The van der Waals surface area contributed by atoms with Gasteiger partial charge in [0.1, 0.15) is 11.5 Å². The van der Waals surface area contributed by atoms with Crippen LogP contribution >= 0.6 is 0 Å². The molecule has 0 saturated carbocycles. The van der Waals surface area contributed by atoms with Gasteiger partial charge in [-0.3, -0.25) is 14.8 Å². The van der Waals surface area contributed by atoms with Crippen molar-refractivity contribution in [2.45, 2.75) is 39.2 Å². The number of piperidine rings is 1. The summed E-state index contributed by atoms with van der Waals surface area (Å²) in [6, 6.07) is 3.83. The second kappa shape index (κ2) is 8.08. The quantitative estimate of drug-likeness (QED) is 0.726. The summed E-state index contributed by atoms with van der Waals surface area (Å²) in [5.41, 5.74) is 4.23. The number of hydrogen-bond donors (Lipinski definition) is 1. The van der Waals surface area contributed by atoms with Crippen molar-refractivity contribution in [2.75, 3.05) is 13.1 Å². The second-order valence-electron chi connectivity index (χ2n) is 7.28. The molecule has 1 saturated heterocycles. The molecule has 4 rings (SSSR count). The lowest BCUT2D eigenvalue weighted by Crippen LogP contribution is -2.39. The van der Waals surface area contributed by atoms with E-state index in [4.69, 9.17) is 9.51 Å². The van der Waals surface area contributed by atoms with E-state index in [1.165, 1.54) is 12.4 Å². The van der Waals surface area contributed by atoms with Crippen LogP contribution in [0.5, 0.6) is 0 Å². The van der Waals surface area contributed by atoms with Crippen molar-refractivity contribution >= 4 is 5.91 Å². The van der Waals surface area contributed by atoms with E-state index in [-0.39, 0.29) is 18.4 Å². The molecule has 8 heteroatoms. The molecule has 0 aromatic carbocycles. The van der Waals surface area contributed by atoms with Crippen LogP contribution in [0.4, 0.5) is 0 Å². The lowest BCUT2D eigenvalue weighted by Gasteiger charge is -2.32. The van der Waals surface area contributed by atoms with Crippen molar-refractivity contribution in [3.8, 4) is 11.3 Å². The Morgan fingerprint density at radius 2 is 2.17 bits per heavy atom. The lowest BCUT2D eigenvalue weighted by atomic mass is 9.92. The van der Waals surface area contributed by atoms with Gasteiger partial charge in [0.05, 0.1) is 29.8 Å². The third-order valence-electron chi connectivity index (χ3n) is 5.35. The second-order valence-corrected chi connectivity index (χ2v) is 7.28. The number of carbonyl (C=O) groups excluding carboxylic acids is 1. The topological polar surface area (TPSA) is 105 Å². The number of nitrogens with zero attached hydrogens (tertiary/aromatic N) is 5. The Morgan fingerprint density at radius 3 is 2.86 bits per heavy atom. The SMILES string of the molecule is Cc1noc(C)c1-c1nc([C@H]2CCCN(C(=O)c3cnccn3)C2)ccc1CO. The molecule has 0 bridgehead atoms. The van der Waals surface area contributed by atoms with Crippen LogP contribution < -0.4 is 0 Å². The lowest BCUT2D eigenvalue weighted by molar-refractivity contribution is 0.0699. The van der Waals surface area contributed by atoms with E-state index in [9.17, 15) is 9.90 Å². The van der Waals surface area contributed by atoms with Crippen LogP contribution in [-0.2, 0) is 6.61 Å². The molecular formula is C21H23N5O3. The summed E-state index contributed by atoms with van der Waals surface area (Å²) in [6.07, 6.45) is 6.41. The van der Waals surface area contributed by atoms with Crippen molar-refractivity contribution in [3.63, 3.8) is 0 Å². The number of aliphatic hydroxyl groups is 1. The maximum Gasteiger partial charge on any atom is 0.274 e. The summed E-state index contributed by atoms with van der Waals surface area (Å²) in [5, 5.41) is 13.8. The summed E-state index contributed by atoms with van der Waals surface area (Å²) < 4.78 is 5.29. The van der Waals surface area contributed by atoms with E-state index in [1.54, 1.807) is 6.20 Å². The number of likely N-dealkylation sites (tertiary alicyclic amines) is 1. The Labute approximate surface area is 168 Å². The monoisotopic (exact) mass is 393 g/mol. The maximum atomic E-state index is 12.8. The maximum absolute atomic E-state index is 12.8. The summed E-state index contributed by atoms with van der Waals surface area (Å²) >= 11 is 0. The molecule has 8 nitrogen and oxygen atoms in total. The zero-order chi connectivity index (χ0) is 20.4. The van der Waals surface area contributed by atoms with E-state index in [0.717, 1.165) is 35.4 Å². The van der Waals surface area contributed by atoms with Crippen molar-refractivity contribution in [2.24, 2.45) is 0 Å². The Morgan fingerprint density at radius 1 is 1.31 bits per heavy atom. The highest BCUT2D eigenvalue weighted by atomic mass is 16.5. The van der Waals surface area contributed by atoms with Gasteiger partial charge >= 0.3 is 0 Å². The molecule has 1 fully saturated rings. The van der Waals surface area contributed by atoms with E-state index in [2.05, 4.69) is 15.1 Å². The van der Waals surface area contributed by atoms with Crippen LogP contribution in [0.3, 0.4) is 0 Å². The van der Waals surface area contributed by atoms with Gasteiger partial charge in [0.2, 0.25) is 0 Å². The molecule has 3 aromatic rings. The fourth-order valence-electron chi connectivity index (χ4n) is 3.87. The molecule has 4 heterocycles. The summed E-state index contributed by atoms with van der Waals surface area (Å²) in [7, 11) is 0. The first-order valence-corrected chi connectivity index (χ1v) is 9.67. The van der Waals surface area contributed by atoms with Crippen molar-refractivity contribution in [3.05, 3.63) is 59.1 Å². The van der Waals surface area contributed by atoms with Gasteiger partial charge in [0, 0.05) is 42.7 Å². The highest BCUT2D eigenvalue weighted by Gasteiger charge is 2.28. The number of pyridine rings is 1. The Balaban J connectivity index is 1.63. The standard InChI is InChI=1S/C21H23N5O3/c1-13-19(14(2)29-25-13)20-16(12-27)5-6-17(24-20)15-4-3-9-26(11-15)21(28)18-10-22-7-8-23-18/h5-8,10,15,27H,3-4,9,11-12H2,1-2H3/t15-/m0/s1. The van der Waals surface area contributed by atoms with Crippen LogP contribution in [0.15, 0.2) is 35.2 Å². The summed E-state index contributed by atoms with van der Waals surface area (Å²) in [6.45, 7) is 4.85. The van der Waals surface area contributed by atoms with Gasteiger partial charge < -0.3 is 14.5 Å². The number of hydrogen-bond acceptors (Lipinski definition) is 7. The Kier molecular flexibility index (Phi) is 5.35. The molecule has 1 aliphatic rings. The number of aliphatic hydroxyl groups excluding tert-OH is 1. The van der Waals surface area contributed by atoms with Crippen molar-refractivity contribution in [1.82, 2.24) is 25.0 Å². The van der Waals surface area contributed by atoms with Crippen LogP contribution in [0, 0.1) is 13.8 Å². The zero-order valence-electron chi connectivity index (χ0n) is 16.5. The smallest absolute Gasteiger partial charge is 0.274 e. The van der Waals surface area contributed by atoms with Crippen LogP contribution in [0.2, 0.25) is 0 Å². The molecule has 0 unspecified atom stereocenters. The van der Waals surface area contributed by atoms with Crippen molar-refractivity contribution in [1.29, 1.82) is 0 Å². The number of rotatable bonds is 4. The van der Waals surface area contributed by atoms with Crippen molar-refractivity contribution < 1.29 is 14.4 Å². The average molecular weight is 393 g/mol. The fourth-order valence-corrected chi connectivity index (χ4v) is 3.87. The number of aromatic nitrogens is 4. The van der Waals surface area contributed by atoms with Gasteiger partial charge in [-0.15, -0.1) is 0 Å². The minimum atomic E-state index is -0.116. The number of carbonyl (C=O) groups is 1. The minimum Gasteiger partial charge on any atom is -0.392 e. The molecule has 0 spiro atoms. The fraction of sp³-hybridized carbons (Fsp3) is 0.381.